The third kappa shape index (κ3) is 5.62. The maximum atomic E-state index is 13.7. The number of benzene rings is 3. The molecule has 32 heavy (non-hydrogen) atoms. The third-order valence-electron chi connectivity index (χ3n) is 4.91. The zero-order chi connectivity index (χ0) is 22.3. The van der Waals surface area contributed by atoms with Crippen LogP contribution in [0.3, 0.4) is 0 Å². The molecule has 5 nitrogen and oxygen atoms in total. The van der Waals surface area contributed by atoms with E-state index in [1.807, 2.05) is 49.4 Å². The minimum atomic E-state index is -0.488. The Balaban J connectivity index is 1.23. The summed E-state index contributed by atoms with van der Waals surface area (Å²) in [5.74, 6) is 1.18. The highest BCUT2D eigenvalue weighted by Gasteiger charge is 2.06. The SMILES string of the molecule is CCOc1ccc2[nH]c(COCCc3ccc(OCc4cc(F)ccc4F)cc3)nc2c1. The number of aromatic nitrogens is 2. The monoisotopic (exact) mass is 438 g/mol. The second-order valence-corrected chi connectivity index (χ2v) is 7.27. The number of H-pyrrole nitrogens is 1. The fourth-order valence-corrected chi connectivity index (χ4v) is 3.29. The van der Waals surface area contributed by atoms with Gasteiger partial charge in [-0.25, -0.2) is 13.8 Å². The standard InChI is InChI=1S/C25H24F2N2O3/c1-2-31-21-8-10-23-24(14-21)29-25(28-23)16-30-12-11-17-3-6-20(7-4-17)32-15-18-13-19(26)5-9-22(18)27/h3-10,13-14H,2,11-12,15-16H2,1H3,(H,28,29). The molecule has 0 aliphatic carbocycles. The van der Waals surface area contributed by atoms with Gasteiger partial charge in [-0.2, -0.15) is 0 Å². The van der Waals surface area contributed by atoms with Crippen LogP contribution in [0.1, 0.15) is 23.9 Å². The first-order valence-electron chi connectivity index (χ1n) is 10.5. The number of aromatic amines is 1. The van der Waals surface area contributed by atoms with Gasteiger partial charge < -0.3 is 19.2 Å². The summed E-state index contributed by atoms with van der Waals surface area (Å²) in [7, 11) is 0. The average Bonchev–Trinajstić information content (AvgIpc) is 3.20. The molecule has 7 heteroatoms. The van der Waals surface area contributed by atoms with Crippen LogP contribution < -0.4 is 9.47 Å². The topological polar surface area (TPSA) is 56.4 Å². The predicted octanol–water partition coefficient (Wildman–Crippen LogP) is 5.58. The number of nitrogens with zero attached hydrogens (tertiary/aromatic N) is 1. The van der Waals surface area contributed by atoms with Crippen molar-refractivity contribution in [2.45, 2.75) is 26.6 Å². The van der Waals surface area contributed by atoms with Crippen LogP contribution in [-0.4, -0.2) is 23.2 Å². The molecule has 0 spiro atoms. The van der Waals surface area contributed by atoms with Crippen LogP contribution in [0.4, 0.5) is 8.78 Å². The molecule has 0 atom stereocenters. The first-order chi connectivity index (χ1) is 15.6. The van der Waals surface area contributed by atoms with Crippen LogP contribution in [-0.2, 0) is 24.4 Å². The van der Waals surface area contributed by atoms with E-state index in [1.165, 1.54) is 0 Å². The first kappa shape index (κ1) is 21.8. The van der Waals surface area contributed by atoms with Gasteiger partial charge in [-0.3, -0.25) is 0 Å². The lowest BCUT2D eigenvalue weighted by molar-refractivity contribution is 0.119. The Morgan fingerprint density at radius 3 is 2.50 bits per heavy atom. The smallest absolute Gasteiger partial charge is 0.133 e. The number of rotatable bonds is 10. The molecular weight excluding hydrogens is 414 g/mol. The second-order valence-electron chi connectivity index (χ2n) is 7.27. The Labute approximate surface area is 185 Å². The minimum Gasteiger partial charge on any atom is -0.494 e. The summed E-state index contributed by atoms with van der Waals surface area (Å²) < 4.78 is 43.7. The molecule has 0 saturated heterocycles. The number of halogens is 2. The van der Waals surface area contributed by atoms with Gasteiger partial charge >= 0.3 is 0 Å². The van der Waals surface area contributed by atoms with Crippen molar-refractivity contribution in [3.05, 3.63) is 89.2 Å². The van der Waals surface area contributed by atoms with Crippen molar-refractivity contribution < 1.29 is 23.0 Å². The molecule has 0 fully saturated rings. The molecule has 1 heterocycles. The Morgan fingerprint density at radius 2 is 1.69 bits per heavy atom. The Morgan fingerprint density at radius 1 is 0.875 bits per heavy atom. The third-order valence-corrected chi connectivity index (χ3v) is 4.91. The van der Waals surface area contributed by atoms with Gasteiger partial charge in [0.1, 0.15) is 42.2 Å². The summed E-state index contributed by atoms with van der Waals surface area (Å²) in [4.78, 5) is 7.79. The summed E-state index contributed by atoms with van der Waals surface area (Å²) in [6.45, 7) is 3.46. The fourth-order valence-electron chi connectivity index (χ4n) is 3.29. The van der Waals surface area contributed by atoms with Crippen LogP contribution in [0.2, 0.25) is 0 Å². The van der Waals surface area contributed by atoms with Crippen LogP contribution in [0.15, 0.2) is 60.7 Å². The molecule has 0 saturated carbocycles. The van der Waals surface area contributed by atoms with E-state index >= 15 is 0 Å². The highest BCUT2D eigenvalue weighted by atomic mass is 19.1. The van der Waals surface area contributed by atoms with Gasteiger partial charge in [-0.05, 0) is 61.4 Å². The van der Waals surface area contributed by atoms with E-state index in [4.69, 9.17) is 14.2 Å². The molecule has 0 aliphatic rings. The molecule has 0 bridgehead atoms. The van der Waals surface area contributed by atoms with Crippen LogP contribution >= 0.6 is 0 Å². The number of hydrogen-bond donors (Lipinski definition) is 1. The lowest BCUT2D eigenvalue weighted by Crippen LogP contribution is -2.01. The quantitative estimate of drug-likeness (QED) is 0.329. The van der Waals surface area contributed by atoms with Crippen LogP contribution in [0.5, 0.6) is 11.5 Å². The maximum absolute atomic E-state index is 13.7. The van der Waals surface area contributed by atoms with E-state index in [2.05, 4.69) is 9.97 Å². The summed E-state index contributed by atoms with van der Waals surface area (Å²) in [6, 6.07) is 16.6. The largest absolute Gasteiger partial charge is 0.494 e. The molecule has 0 amide bonds. The van der Waals surface area contributed by atoms with Gasteiger partial charge in [0.05, 0.1) is 24.2 Å². The van der Waals surface area contributed by atoms with E-state index in [0.717, 1.165) is 52.8 Å². The Hall–Kier alpha value is -3.45. The van der Waals surface area contributed by atoms with E-state index in [-0.39, 0.29) is 12.2 Å². The summed E-state index contributed by atoms with van der Waals surface area (Å²) >= 11 is 0. The number of ether oxygens (including phenoxy) is 3. The van der Waals surface area contributed by atoms with Crippen LogP contribution in [0, 0.1) is 11.6 Å². The Kier molecular flexibility index (Phi) is 6.97. The lowest BCUT2D eigenvalue weighted by Gasteiger charge is -2.08. The van der Waals surface area contributed by atoms with E-state index in [0.29, 0.717) is 25.6 Å². The van der Waals surface area contributed by atoms with Crippen molar-refractivity contribution in [3.8, 4) is 11.5 Å². The van der Waals surface area contributed by atoms with Crippen molar-refractivity contribution in [3.63, 3.8) is 0 Å². The normalized spacial score (nSPS) is 11.1. The molecular formula is C25H24F2N2O3. The van der Waals surface area contributed by atoms with Crippen LogP contribution in [0.25, 0.3) is 11.0 Å². The summed E-state index contributed by atoms with van der Waals surface area (Å²) in [6.07, 6.45) is 0.730. The van der Waals surface area contributed by atoms with Crippen molar-refractivity contribution in [1.82, 2.24) is 9.97 Å². The van der Waals surface area contributed by atoms with Gasteiger partial charge in [0.25, 0.3) is 0 Å². The molecule has 0 aliphatic heterocycles. The Bertz CT molecular complexity index is 1180. The fraction of sp³-hybridized carbons (Fsp3) is 0.240. The second kappa shape index (κ2) is 10.2. The van der Waals surface area contributed by atoms with E-state index in [9.17, 15) is 8.78 Å². The van der Waals surface area contributed by atoms with Gasteiger partial charge in [0, 0.05) is 11.6 Å². The molecule has 1 N–H and O–H groups in total. The van der Waals surface area contributed by atoms with E-state index < -0.39 is 11.6 Å². The molecule has 0 unspecified atom stereocenters. The zero-order valence-electron chi connectivity index (χ0n) is 17.7. The highest BCUT2D eigenvalue weighted by molar-refractivity contribution is 5.76. The number of fused-ring (bicyclic) bond motifs is 1. The van der Waals surface area contributed by atoms with Gasteiger partial charge in [-0.1, -0.05) is 12.1 Å². The predicted molar refractivity (Wildman–Crippen MR) is 118 cm³/mol. The lowest BCUT2D eigenvalue weighted by atomic mass is 10.1. The molecule has 0 radical (unpaired) electrons. The molecule has 166 valence electrons. The number of hydrogen-bond acceptors (Lipinski definition) is 4. The van der Waals surface area contributed by atoms with Crippen molar-refractivity contribution in [2.24, 2.45) is 0 Å². The first-order valence-corrected chi connectivity index (χ1v) is 10.5. The summed E-state index contributed by atoms with van der Waals surface area (Å²) in [5, 5.41) is 0. The molecule has 3 aromatic carbocycles. The molecule has 4 rings (SSSR count). The van der Waals surface area contributed by atoms with Gasteiger partial charge in [0.2, 0.25) is 0 Å². The highest BCUT2D eigenvalue weighted by Crippen LogP contribution is 2.20. The zero-order valence-corrected chi connectivity index (χ0v) is 17.7. The number of nitrogens with one attached hydrogen (secondary N) is 1. The minimum absolute atomic E-state index is 0.0321. The van der Waals surface area contributed by atoms with Crippen molar-refractivity contribution in [2.75, 3.05) is 13.2 Å². The van der Waals surface area contributed by atoms with Crippen molar-refractivity contribution >= 4 is 11.0 Å². The molecule has 4 aromatic rings. The summed E-state index contributed by atoms with van der Waals surface area (Å²) in [5.41, 5.74) is 3.06. The average molecular weight is 438 g/mol. The van der Waals surface area contributed by atoms with Gasteiger partial charge in [-0.15, -0.1) is 0 Å². The van der Waals surface area contributed by atoms with Gasteiger partial charge in [0.15, 0.2) is 0 Å². The maximum Gasteiger partial charge on any atom is 0.133 e. The van der Waals surface area contributed by atoms with Crippen molar-refractivity contribution in [1.29, 1.82) is 0 Å². The molecule has 1 aromatic heterocycles. The van der Waals surface area contributed by atoms with E-state index in [1.54, 1.807) is 0 Å². The number of imidazole rings is 1.